The molecule has 0 saturated carbocycles. The van der Waals surface area contributed by atoms with Crippen LogP contribution in [0.15, 0.2) is 23.1 Å². The maximum atomic E-state index is 12.3. The lowest BCUT2D eigenvalue weighted by Gasteiger charge is -2.12. The van der Waals surface area contributed by atoms with Crippen molar-refractivity contribution in [3.63, 3.8) is 0 Å². The third-order valence-corrected chi connectivity index (χ3v) is 4.47. The van der Waals surface area contributed by atoms with Crippen LogP contribution in [0.25, 0.3) is 0 Å². The van der Waals surface area contributed by atoms with Crippen LogP contribution in [0.4, 0.5) is 0 Å². The second-order valence-corrected chi connectivity index (χ2v) is 6.73. The lowest BCUT2D eigenvalue weighted by Crippen LogP contribution is -2.27. The Balaban J connectivity index is 2.86. The minimum absolute atomic E-state index is 0.233. The first kappa shape index (κ1) is 17.7. The predicted octanol–water partition coefficient (Wildman–Crippen LogP) is 0.569. The first-order chi connectivity index (χ1) is 9.86. The molecule has 0 aromatic heterocycles. The Morgan fingerprint density at radius 2 is 2.05 bits per heavy atom. The molecule has 21 heavy (non-hydrogen) atoms. The average Bonchev–Trinajstić information content (AvgIpc) is 2.42. The Labute approximate surface area is 127 Å². The zero-order valence-electron chi connectivity index (χ0n) is 12.7. The number of aliphatic hydroxyl groups excluding tert-OH is 1. The maximum absolute atomic E-state index is 12.3. The van der Waals surface area contributed by atoms with Crippen LogP contribution < -0.4 is 4.72 Å². The summed E-state index contributed by atoms with van der Waals surface area (Å²) in [5.74, 6) is 5.23. The van der Waals surface area contributed by atoms with Crippen molar-refractivity contribution in [1.29, 1.82) is 0 Å². The molecule has 2 N–H and O–H groups in total. The Morgan fingerprint density at radius 3 is 2.67 bits per heavy atom. The minimum atomic E-state index is -3.54. The van der Waals surface area contributed by atoms with Crippen molar-refractivity contribution in [2.75, 3.05) is 33.8 Å². The van der Waals surface area contributed by atoms with Crippen LogP contribution in [-0.2, 0) is 10.0 Å². The summed E-state index contributed by atoms with van der Waals surface area (Å²) < 4.78 is 27.2. The summed E-state index contributed by atoms with van der Waals surface area (Å²) in [5, 5.41) is 8.69. The Bertz CT molecular complexity index is 628. The highest BCUT2D eigenvalue weighted by atomic mass is 32.2. The quantitative estimate of drug-likeness (QED) is 0.595. The highest BCUT2D eigenvalue weighted by molar-refractivity contribution is 7.89. The van der Waals surface area contributed by atoms with E-state index in [0.717, 1.165) is 13.0 Å². The molecule has 5 nitrogen and oxygen atoms in total. The summed E-state index contributed by atoms with van der Waals surface area (Å²) in [5.41, 5.74) is 1.24. The molecule has 0 heterocycles. The topological polar surface area (TPSA) is 69.6 Å². The zero-order chi connectivity index (χ0) is 15.9. The summed E-state index contributed by atoms with van der Waals surface area (Å²) in [6.07, 6.45) is 0.745. The van der Waals surface area contributed by atoms with Crippen molar-refractivity contribution in [2.45, 2.75) is 18.2 Å². The molecule has 1 aromatic rings. The van der Waals surface area contributed by atoms with Crippen LogP contribution in [0, 0.1) is 18.8 Å². The standard InChI is InChI=1S/C15H22N2O3S/c1-13-7-8-14(6-4-11-18)12-15(13)21(19,20)16-9-5-10-17(2)3/h7-8,12,16,18H,5,9-11H2,1-3H3. The third kappa shape index (κ3) is 5.86. The first-order valence-corrected chi connectivity index (χ1v) is 8.20. The maximum Gasteiger partial charge on any atom is 0.240 e. The highest BCUT2D eigenvalue weighted by Gasteiger charge is 2.16. The van der Waals surface area contributed by atoms with Gasteiger partial charge in [0.25, 0.3) is 0 Å². The van der Waals surface area contributed by atoms with Gasteiger partial charge in [-0.3, -0.25) is 0 Å². The SMILES string of the molecule is Cc1ccc(C#CCO)cc1S(=O)(=O)NCCCN(C)C. The van der Waals surface area contributed by atoms with Gasteiger partial charge >= 0.3 is 0 Å². The monoisotopic (exact) mass is 310 g/mol. The zero-order valence-corrected chi connectivity index (χ0v) is 13.5. The molecular formula is C15H22N2O3S. The average molecular weight is 310 g/mol. The number of hydrogen-bond acceptors (Lipinski definition) is 4. The Hall–Kier alpha value is -1.39. The van der Waals surface area contributed by atoms with E-state index in [-0.39, 0.29) is 11.5 Å². The molecule has 0 atom stereocenters. The molecule has 0 saturated heterocycles. The molecule has 0 spiro atoms. The number of nitrogens with zero attached hydrogens (tertiary/aromatic N) is 1. The van der Waals surface area contributed by atoms with Gasteiger partial charge in [-0.25, -0.2) is 13.1 Å². The van der Waals surface area contributed by atoms with Gasteiger partial charge in [0.05, 0.1) is 4.90 Å². The second kappa shape index (κ2) is 8.15. The fourth-order valence-electron chi connectivity index (χ4n) is 1.79. The van der Waals surface area contributed by atoms with E-state index in [1.807, 2.05) is 19.0 Å². The second-order valence-electron chi connectivity index (χ2n) is 4.99. The van der Waals surface area contributed by atoms with Gasteiger partial charge in [0.15, 0.2) is 0 Å². The van der Waals surface area contributed by atoms with E-state index in [9.17, 15) is 8.42 Å². The molecule has 0 radical (unpaired) electrons. The lowest BCUT2D eigenvalue weighted by atomic mass is 10.1. The van der Waals surface area contributed by atoms with Crippen LogP contribution in [0.1, 0.15) is 17.5 Å². The first-order valence-electron chi connectivity index (χ1n) is 6.71. The van der Waals surface area contributed by atoms with Crippen LogP contribution >= 0.6 is 0 Å². The molecule has 6 heteroatoms. The molecule has 116 valence electrons. The number of sulfonamides is 1. The summed E-state index contributed by atoms with van der Waals surface area (Å²) in [7, 11) is 0.358. The van der Waals surface area contributed by atoms with Crippen molar-refractivity contribution in [3.05, 3.63) is 29.3 Å². The van der Waals surface area contributed by atoms with Crippen molar-refractivity contribution >= 4 is 10.0 Å². The number of benzene rings is 1. The minimum Gasteiger partial charge on any atom is -0.384 e. The van der Waals surface area contributed by atoms with Crippen molar-refractivity contribution in [2.24, 2.45) is 0 Å². The van der Waals surface area contributed by atoms with Crippen LogP contribution in [0.2, 0.25) is 0 Å². The summed E-state index contributed by atoms with van der Waals surface area (Å²) in [6, 6.07) is 4.99. The fraction of sp³-hybridized carbons (Fsp3) is 0.467. The van der Waals surface area contributed by atoms with Gasteiger partial charge in [0.2, 0.25) is 10.0 Å². The van der Waals surface area contributed by atoms with E-state index in [1.165, 1.54) is 6.07 Å². The highest BCUT2D eigenvalue weighted by Crippen LogP contribution is 2.16. The molecule has 0 aliphatic heterocycles. The van der Waals surface area contributed by atoms with E-state index in [4.69, 9.17) is 5.11 Å². The molecule has 1 rings (SSSR count). The molecule has 0 amide bonds. The smallest absolute Gasteiger partial charge is 0.240 e. The Morgan fingerprint density at radius 1 is 1.33 bits per heavy atom. The number of aliphatic hydroxyl groups is 1. The normalized spacial score (nSPS) is 11.3. The molecule has 0 fully saturated rings. The van der Waals surface area contributed by atoms with Crippen molar-refractivity contribution < 1.29 is 13.5 Å². The van der Waals surface area contributed by atoms with Crippen LogP contribution in [0.5, 0.6) is 0 Å². The molecule has 1 aromatic carbocycles. The molecule has 0 bridgehead atoms. The number of nitrogens with one attached hydrogen (secondary N) is 1. The van der Waals surface area contributed by atoms with Gasteiger partial charge in [-0.1, -0.05) is 17.9 Å². The molecule has 0 unspecified atom stereocenters. The van der Waals surface area contributed by atoms with E-state index >= 15 is 0 Å². The summed E-state index contributed by atoms with van der Waals surface area (Å²) >= 11 is 0. The van der Waals surface area contributed by atoms with Gasteiger partial charge in [-0.05, 0) is 51.7 Å². The molecule has 0 aliphatic carbocycles. The van der Waals surface area contributed by atoms with Gasteiger partial charge in [0, 0.05) is 12.1 Å². The van der Waals surface area contributed by atoms with Gasteiger partial charge in [-0.2, -0.15) is 0 Å². The molecular weight excluding hydrogens is 288 g/mol. The van der Waals surface area contributed by atoms with Crippen molar-refractivity contribution in [3.8, 4) is 11.8 Å². The Kier molecular flexibility index (Phi) is 6.85. The van der Waals surface area contributed by atoms with E-state index in [2.05, 4.69) is 16.6 Å². The van der Waals surface area contributed by atoms with E-state index < -0.39 is 10.0 Å². The van der Waals surface area contributed by atoms with Gasteiger partial charge in [0.1, 0.15) is 6.61 Å². The fourth-order valence-corrected chi connectivity index (χ4v) is 3.13. The van der Waals surface area contributed by atoms with Crippen LogP contribution in [0.3, 0.4) is 0 Å². The predicted molar refractivity (Wildman–Crippen MR) is 83.5 cm³/mol. The summed E-state index contributed by atoms with van der Waals surface area (Å²) in [6.45, 7) is 2.71. The number of aryl methyl sites for hydroxylation is 1. The van der Waals surface area contributed by atoms with Gasteiger partial charge in [-0.15, -0.1) is 0 Å². The van der Waals surface area contributed by atoms with E-state index in [0.29, 0.717) is 17.7 Å². The van der Waals surface area contributed by atoms with Crippen molar-refractivity contribution in [1.82, 2.24) is 9.62 Å². The third-order valence-electron chi connectivity index (χ3n) is 2.86. The number of hydrogen-bond donors (Lipinski definition) is 2. The van der Waals surface area contributed by atoms with Gasteiger partial charge < -0.3 is 10.0 Å². The number of rotatable bonds is 6. The summed E-state index contributed by atoms with van der Waals surface area (Å²) in [4.78, 5) is 2.24. The lowest BCUT2D eigenvalue weighted by molar-refractivity contribution is 0.350. The van der Waals surface area contributed by atoms with Crippen LogP contribution in [-0.4, -0.2) is 52.2 Å². The largest absolute Gasteiger partial charge is 0.384 e. The molecule has 0 aliphatic rings. The van der Waals surface area contributed by atoms with E-state index in [1.54, 1.807) is 19.1 Å².